The molecule has 42 heavy (non-hydrogen) atoms. The molecule has 4 aromatic carbocycles. The van der Waals surface area contributed by atoms with Gasteiger partial charge in [-0.2, -0.15) is 0 Å². The molecule has 0 fully saturated rings. The number of benzene rings is 4. The van der Waals surface area contributed by atoms with Crippen molar-refractivity contribution in [2.45, 2.75) is 18.7 Å². The number of hydrogen-bond donors (Lipinski definition) is 3. The highest BCUT2D eigenvalue weighted by Crippen LogP contribution is 2.23. The highest BCUT2D eigenvalue weighted by atomic mass is 35.5. The van der Waals surface area contributed by atoms with Crippen molar-refractivity contribution in [1.29, 1.82) is 0 Å². The van der Waals surface area contributed by atoms with Crippen LogP contribution in [0.15, 0.2) is 108 Å². The molecule has 3 N–H and O–H groups in total. The van der Waals surface area contributed by atoms with E-state index in [0.717, 1.165) is 16.0 Å². The second-order valence-electron chi connectivity index (χ2n) is 9.15. The van der Waals surface area contributed by atoms with Crippen molar-refractivity contribution in [3.8, 4) is 5.75 Å². The normalized spacial score (nSPS) is 11.0. The lowest BCUT2D eigenvalue weighted by Gasteiger charge is -2.12. The molecule has 214 valence electrons. The Balaban J connectivity index is 1.41. The van der Waals surface area contributed by atoms with Crippen molar-refractivity contribution in [3.05, 3.63) is 124 Å². The molecule has 9 heteroatoms. The predicted octanol–water partition coefficient (Wildman–Crippen LogP) is 7.19. The third-order valence-electron chi connectivity index (χ3n) is 5.99. The zero-order valence-corrected chi connectivity index (χ0v) is 24.7. The van der Waals surface area contributed by atoms with Crippen LogP contribution in [0.1, 0.15) is 28.4 Å². The van der Waals surface area contributed by atoms with Crippen LogP contribution in [-0.4, -0.2) is 30.1 Å². The lowest BCUT2D eigenvalue weighted by Crippen LogP contribution is -2.30. The lowest BCUT2D eigenvalue weighted by molar-refractivity contribution is -0.114. The van der Waals surface area contributed by atoms with Crippen LogP contribution in [0, 0.1) is 6.92 Å². The Morgan fingerprint density at radius 3 is 2.29 bits per heavy atom. The molecule has 0 unspecified atom stereocenters. The molecule has 0 radical (unpaired) electrons. The average molecular weight is 600 g/mol. The van der Waals surface area contributed by atoms with Crippen molar-refractivity contribution in [3.63, 3.8) is 0 Å². The molecule has 0 aliphatic rings. The molecular weight excluding hydrogens is 570 g/mol. The van der Waals surface area contributed by atoms with Crippen LogP contribution in [-0.2, 0) is 9.59 Å². The monoisotopic (exact) mass is 599 g/mol. The molecule has 0 spiro atoms. The number of nitrogens with one attached hydrogen (secondary N) is 3. The van der Waals surface area contributed by atoms with E-state index in [-0.39, 0.29) is 17.4 Å². The second-order valence-corrected chi connectivity index (χ2v) is 10.6. The molecule has 4 aromatic rings. The van der Waals surface area contributed by atoms with Gasteiger partial charge in [0.15, 0.2) is 0 Å². The van der Waals surface area contributed by atoms with Crippen LogP contribution >= 0.6 is 23.4 Å². The van der Waals surface area contributed by atoms with Gasteiger partial charge >= 0.3 is 0 Å². The topological polar surface area (TPSA) is 96.5 Å². The maximum absolute atomic E-state index is 13.3. The first-order chi connectivity index (χ1) is 20.3. The summed E-state index contributed by atoms with van der Waals surface area (Å²) >= 11 is 7.41. The number of rotatable bonds is 11. The second kappa shape index (κ2) is 14.9. The number of carbonyl (C=O) groups is 3. The zero-order chi connectivity index (χ0) is 29.9. The number of carbonyl (C=O) groups excluding carboxylic acids is 3. The van der Waals surface area contributed by atoms with E-state index in [9.17, 15) is 14.4 Å². The molecule has 0 aliphatic heterocycles. The third-order valence-corrected chi connectivity index (χ3v) is 7.23. The summed E-state index contributed by atoms with van der Waals surface area (Å²) in [6, 6.07) is 28.4. The molecule has 0 aromatic heterocycles. The van der Waals surface area contributed by atoms with Gasteiger partial charge in [0, 0.05) is 26.9 Å². The molecule has 0 saturated carbocycles. The Morgan fingerprint density at radius 2 is 1.60 bits per heavy atom. The first kappa shape index (κ1) is 30.4. The standard InChI is InChI=1S/C33H30ClN3O4S/c1-3-41-27-15-10-23(11-16-27)19-30(37-32(39)24-7-5-4-6-8-24)33(40)35-26-13-17-28(18-14-26)42-21-31(38)36-29-20-25(34)12-9-22(29)2/h4-20H,3,21H2,1-2H3,(H,35,40)(H,36,38)(H,37,39)/b30-19-. The third kappa shape index (κ3) is 8.99. The summed E-state index contributed by atoms with van der Waals surface area (Å²) in [5.74, 6) is -0.117. The molecule has 0 saturated heterocycles. The molecule has 0 atom stereocenters. The van der Waals surface area contributed by atoms with E-state index in [1.54, 1.807) is 66.7 Å². The number of hydrogen-bond acceptors (Lipinski definition) is 5. The Labute approximate surface area is 254 Å². The van der Waals surface area contributed by atoms with Gasteiger partial charge in [-0.25, -0.2) is 0 Å². The molecule has 7 nitrogen and oxygen atoms in total. The van der Waals surface area contributed by atoms with Gasteiger partial charge in [0.05, 0.1) is 12.4 Å². The first-order valence-corrected chi connectivity index (χ1v) is 14.6. The minimum absolute atomic E-state index is 0.0828. The van der Waals surface area contributed by atoms with Crippen LogP contribution in [0.3, 0.4) is 0 Å². The molecule has 0 aliphatic carbocycles. The minimum atomic E-state index is -0.482. The summed E-state index contributed by atoms with van der Waals surface area (Å²) < 4.78 is 5.49. The summed E-state index contributed by atoms with van der Waals surface area (Å²) in [6.07, 6.45) is 1.61. The lowest BCUT2D eigenvalue weighted by atomic mass is 10.1. The fraction of sp³-hybridized carbons (Fsp3) is 0.121. The fourth-order valence-electron chi connectivity index (χ4n) is 3.83. The number of anilines is 2. The van der Waals surface area contributed by atoms with E-state index in [2.05, 4.69) is 16.0 Å². The van der Waals surface area contributed by atoms with Crippen molar-refractivity contribution in [2.24, 2.45) is 0 Å². The molecular formula is C33H30ClN3O4S. The van der Waals surface area contributed by atoms with Gasteiger partial charge in [0.1, 0.15) is 11.4 Å². The Kier molecular flexibility index (Phi) is 10.8. The van der Waals surface area contributed by atoms with Gasteiger partial charge in [0.2, 0.25) is 5.91 Å². The predicted molar refractivity (Wildman–Crippen MR) is 170 cm³/mol. The van der Waals surface area contributed by atoms with Gasteiger partial charge in [0.25, 0.3) is 11.8 Å². The SMILES string of the molecule is CCOc1ccc(/C=C(\NC(=O)c2ccccc2)C(=O)Nc2ccc(SCC(=O)Nc3cc(Cl)ccc3C)cc2)cc1. The number of thioether (sulfide) groups is 1. The van der Waals surface area contributed by atoms with Crippen molar-refractivity contribution >= 4 is 58.5 Å². The quantitative estimate of drug-likeness (QED) is 0.125. The first-order valence-electron chi connectivity index (χ1n) is 13.2. The van der Waals surface area contributed by atoms with E-state index in [1.807, 2.05) is 50.2 Å². The number of amides is 3. The van der Waals surface area contributed by atoms with Crippen LogP contribution < -0.4 is 20.7 Å². The largest absolute Gasteiger partial charge is 0.494 e. The van der Waals surface area contributed by atoms with Gasteiger partial charge in [-0.05, 0) is 91.7 Å². The van der Waals surface area contributed by atoms with Crippen molar-refractivity contribution in [2.75, 3.05) is 23.0 Å². The van der Waals surface area contributed by atoms with Gasteiger partial charge in [-0.1, -0.05) is 48.0 Å². The Hall–Kier alpha value is -4.53. The van der Waals surface area contributed by atoms with E-state index in [4.69, 9.17) is 16.3 Å². The van der Waals surface area contributed by atoms with Crippen LogP contribution in [0.2, 0.25) is 5.02 Å². The van der Waals surface area contributed by atoms with E-state index in [1.165, 1.54) is 11.8 Å². The van der Waals surface area contributed by atoms with Crippen LogP contribution in [0.4, 0.5) is 11.4 Å². The molecule has 0 bridgehead atoms. The van der Waals surface area contributed by atoms with Gasteiger partial charge < -0.3 is 20.7 Å². The summed E-state index contributed by atoms with van der Waals surface area (Å²) in [7, 11) is 0. The maximum atomic E-state index is 13.3. The number of ether oxygens (including phenoxy) is 1. The van der Waals surface area contributed by atoms with Crippen LogP contribution in [0.25, 0.3) is 6.08 Å². The van der Waals surface area contributed by atoms with Crippen LogP contribution in [0.5, 0.6) is 5.75 Å². The van der Waals surface area contributed by atoms with Crippen molar-refractivity contribution in [1.82, 2.24) is 5.32 Å². The summed E-state index contributed by atoms with van der Waals surface area (Å²) in [4.78, 5) is 39.5. The molecule has 4 rings (SSSR count). The summed E-state index contributed by atoms with van der Waals surface area (Å²) in [6.45, 7) is 4.35. The highest BCUT2D eigenvalue weighted by molar-refractivity contribution is 8.00. The van der Waals surface area contributed by atoms with E-state index >= 15 is 0 Å². The Morgan fingerprint density at radius 1 is 0.881 bits per heavy atom. The van der Waals surface area contributed by atoms with Gasteiger partial charge in [-0.3, -0.25) is 14.4 Å². The average Bonchev–Trinajstić information content (AvgIpc) is 3.00. The van der Waals surface area contributed by atoms with E-state index in [0.29, 0.717) is 34.3 Å². The Bertz CT molecular complexity index is 1570. The van der Waals surface area contributed by atoms with Crippen molar-refractivity contribution < 1.29 is 19.1 Å². The van der Waals surface area contributed by atoms with Gasteiger partial charge in [-0.15, -0.1) is 11.8 Å². The summed E-state index contributed by atoms with van der Waals surface area (Å²) in [5, 5.41) is 9.01. The highest BCUT2D eigenvalue weighted by Gasteiger charge is 2.15. The molecule has 0 heterocycles. The summed E-state index contributed by atoms with van der Waals surface area (Å²) in [5.41, 5.74) is 3.37. The smallest absolute Gasteiger partial charge is 0.272 e. The minimum Gasteiger partial charge on any atom is -0.494 e. The number of aryl methyl sites for hydroxylation is 1. The fourth-order valence-corrected chi connectivity index (χ4v) is 4.70. The van der Waals surface area contributed by atoms with E-state index < -0.39 is 11.8 Å². The molecule has 3 amide bonds. The maximum Gasteiger partial charge on any atom is 0.272 e. The number of halogens is 1. The zero-order valence-electron chi connectivity index (χ0n) is 23.1.